The van der Waals surface area contributed by atoms with E-state index in [0.29, 0.717) is 0 Å². The van der Waals surface area contributed by atoms with E-state index < -0.39 is 0 Å². The minimum absolute atomic E-state index is 0.774. The lowest BCUT2D eigenvalue weighted by Gasteiger charge is -2.15. The van der Waals surface area contributed by atoms with Gasteiger partial charge in [-0.15, -0.1) is 22.0 Å². The molecule has 0 saturated carbocycles. The van der Waals surface area contributed by atoms with Crippen molar-refractivity contribution in [3.8, 4) is 0 Å². The number of rotatable bonds is 3. The number of hydrogen-bond acceptors (Lipinski definition) is 5. The van der Waals surface area contributed by atoms with Gasteiger partial charge in [0.2, 0.25) is 0 Å². The van der Waals surface area contributed by atoms with E-state index in [1.807, 2.05) is 25.5 Å². The number of nitrogens with zero attached hydrogens (tertiary/aromatic N) is 4. The molecule has 94 valence electrons. The van der Waals surface area contributed by atoms with Crippen LogP contribution in [0.1, 0.15) is 25.5 Å². The first-order chi connectivity index (χ1) is 8.36. The van der Waals surface area contributed by atoms with Crippen LogP contribution >= 0.6 is 11.8 Å². The molecule has 0 atom stereocenters. The van der Waals surface area contributed by atoms with Crippen molar-refractivity contribution in [1.29, 1.82) is 0 Å². The van der Waals surface area contributed by atoms with Gasteiger partial charge in [-0.2, -0.15) is 0 Å². The molecule has 0 amide bonds. The molecule has 0 radical (unpaired) electrons. The third-order valence-electron chi connectivity index (χ3n) is 2.25. The molecule has 6 heteroatoms. The second-order valence-corrected chi connectivity index (χ2v) is 3.87. The average molecular weight is 253 g/mol. The van der Waals surface area contributed by atoms with Gasteiger partial charge in [0.05, 0.1) is 6.54 Å². The summed E-state index contributed by atoms with van der Waals surface area (Å²) < 4.78 is 2.09. The summed E-state index contributed by atoms with van der Waals surface area (Å²) in [5.74, 6) is 1.78. The van der Waals surface area contributed by atoms with Crippen molar-refractivity contribution < 1.29 is 0 Å². The zero-order chi connectivity index (χ0) is 12.7. The van der Waals surface area contributed by atoms with Crippen molar-refractivity contribution in [3.05, 3.63) is 17.1 Å². The highest BCUT2D eigenvalue weighted by Gasteiger charge is 2.17. The number of fused-ring (bicyclic) bond motifs is 1. The van der Waals surface area contributed by atoms with Gasteiger partial charge in [0.25, 0.3) is 0 Å². The summed E-state index contributed by atoms with van der Waals surface area (Å²) in [5.41, 5.74) is 0.795. The Labute approximate surface area is 106 Å². The van der Waals surface area contributed by atoms with Gasteiger partial charge in [-0.05, 0) is 13.0 Å². The third-order valence-corrected chi connectivity index (χ3v) is 2.71. The molecule has 0 bridgehead atoms. The predicted octanol–water partition coefficient (Wildman–Crippen LogP) is 1.77. The lowest BCUT2D eigenvalue weighted by molar-refractivity contribution is 0.502. The molecule has 1 aliphatic rings. The molecule has 0 saturated heterocycles. The van der Waals surface area contributed by atoms with Crippen LogP contribution in [-0.4, -0.2) is 34.3 Å². The molecule has 0 aliphatic carbocycles. The van der Waals surface area contributed by atoms with Gasteiger partial charge < -0.3 is 9.88 Å². The monoisotopic (exact) mass is 253 g/mol. The second kappa shape index (κ2) is 7.24. The number of thioether (sulfide) groups is 1. The van der Waals surface area contributed by atoms with Crippen LogP contribution in [0.5, 0.6) is 0 Å². The Balaban J connectivity index is 0.000000686. The van der Waals surface area contributed by atoms with E-state index in [2.05, 4.69) is 31.8 Å². The Morgan fingerprint density at radius 2 is 2.29 bits per heavy atom. The molecular weight excluding hydrogens is 234 g/mol. The molecule has 17 heavy (non-hydrogen) atoms. The molecule has 0 spiro atoms. The Hall–Kier alpha value is -1.14. The SMILES string of the molecule is C=N/C(=C\SC)c1nnc2n1CCNC2.CC. The molecule has 2 heterocycles. The summed E-state index contributed by atoms with van der Waals surface area (Å²) >= 11 is 1.59. The van der Waals surface area contributed by atoms with E-state index in [4.69, 9.17) is 0 Å². The Bertz CT molecular complexity index is 397. The van der Waals surface area contributed by atoms with Crippen LogP contribution in [0.25, 0.3) is 5.70 Å². The molecule has 1 aliphatic heterocycles. The first-order valence-corrected chi connectivity index (χ1v) is 6.98. The van der Waals surface area contributed by atoms with Gasteiger partial charge in [-0.3, -0.25) is 4.99 Å². The zero-order valence-corrected chi connectivity index (χ0v) is 11.4. The fourth-order valence-corrected chi connectivity index (χ4v) is 1.96. The van der Waals surface area contributed by atoms with Crippen LogP contribution in [0.2, 0.25) is 0 Å². The summed E-state index contributed by atoms with van der Waals surface area (Å²) in [6.45, 7) is 10.2. The minimum Gasteiger partial charge on any atom is -0.308 e. The van der Waals surface area contributed by atoms with E-state index >= 15 is 0 Å². The van der Waals surface area contributed by atoms with Gasteiger partial charge in [0, 0.05) is 18.5 Å². The van der Waals surface area contributed by atoms with E-state index in [1.54, 1.807) is 11.8 Å². The number of hydrogen-bond donors (Lipinski definition) is 1. The molecule has 0 fully saturated rings. The van der Waals surface area contributed by atoms with Crippen molar-refractivity contribution in [3.63, 3.8) is 0 Å². The van der Waals surface area contributed by atoms with Gasteiger partial charge in [-0.25, -0.2) is 0 Å². The first-order valence-electron chi connectivity index (χ1n) is 5.69. The van der Waals surface area contributed by atoms with Crippen molar-refractivity contribution in [2.45, 2.75) is 26.9 Å². The minimum atomic E-state index is 0.774. The highest BCUT2D eigenvalue weighted by atomic mass is 32.2. The van der Waals surface area contributed by atoms with Crippen molar-refractivity contribution in [1.82, 2.24) is 20.1 Å². The second-order valence-electron chi connectivity index (χ2n) is 3.17. The third kappa shape index (κ3) is 3.17. The van der Waals surface area contributed by atoms with Crippen molar-refractivity contribution >= 4 is 24.2 Å². The fourth-order valence-electron chi connectivity index (χ4n) is 1.55. The lowest BCUT2D eigenvalue weighted by Crippen LogP contribution is -2.28. The normalized spacial score (nSPS) is 14.6. The number of aromatic nitrogens is 3. The van der Waals surface area contributed by atoms with Crippen LogP contribution < -0.4 is 5.32 Å². The smallest absolute Gasteiger partial charge is 0.183 e. The molecule has 1 aromatic rings. The van der Waals surface area contributed by atoms with Gasteiger partial charge >= 0.3 is 0 Å². The van der Waals surface area contributed by atoms with E-state index in [0.717, 1.165) is 37.0 Å². The van der Waals surface area contributed by atoms with E-state index in [-0.39, 0.29) is 0 Å². The van der Waals surface area contributed by atoms with Crippen LogP contribution in [0.3, 0.4) is 0 Å². The van der Waals surface area contributed by atoms with Crippen LogP contribution in [-0.2, 0) is 13.1 Å². The molecule has 1 N–H and O–H groups in total. The largest absolute Gasteiger partial charge is 0.308 e. The first kappa shape index (κ1) is 13.9. The maximum Gasteiger partial charge on any atom is 0.183 e. The summed E-state index contributed by atoms with van der Waals surface area (Å²) in [6.07, 6.45) is 1.99. The van der Waals surface area contributed by atoms with Crippen LogP contribution in [0, 0.1) is 0 Å². The van der Waals surface area contributed by atoms with Gasteiger partial charge in [0.1, 0.15) is 11.5 Å². The summed E-state index contributed by atoms with van der Waals surface area (Å²) in [4.78, 5) is 3.97. The quantitative estimate of drug-likeness (QED) is 0.834. The summed E-state index contributed by atoms with van der Waals surface area (Å²) in [6, 6.07) is 0. The molecule has 2 rings (SSSR count). The average Bonchev–Trinajstić information content (AvgIpc) is 2.82. The summed E-state index contributed by atoms with van der Waals surface area (Å²) in [5, 5.41) is 13.5. The van der Waals surface area contributed by atoms with E-state index in [9.17, 15) is 0 Å². The maximum absolute atomic E-state index is 4.15. The lowest BCUT2D eigenvalue weighted by atomic mass is 10.4. The fraction of sp³-hybridized carbons (Fsp3) is 0.545. The Morgan fingerprint density at radius 1 is 1.53 bits per heavy atom. The Kier molecular flexibility index (Phi) is 5.93. The van der Waals surface area contributed by atoms with Gasteiger partial charge in [0.15, 0.2) is 5.82 Å². The van der Waals surface area contributed by atoms with Crippen molar-refractivity contribution in [2.75, 3.05) is 12.8 Å². The molecule has 5 nitrogen and oxygen atoms in total. The molecule has 0 aromatic carbocycles. The van der Waals surface area contributed by atoms with Crippen molar-refractivity contribution in [2.24, 2.45) is 4.99 Å². The van der Waals surface area contributed by atoms with Gasteiger partial charge in [-0.1, -0.05) is 13.8 Å². The standard InChI is InChI=1S/C9H13N5S.C2H6/c1-10-7(6-15-2)9-13-12-8-5-11-3-4-14(8)9;1-2/h6,11H,1,3-5H2,2H3;1-2H3/b7-6-;. The summed E-state index contributed by atoms with van der Waals surface area (Å²) in [7, 11) is 0. The molecular formula is C11H19N5S. The number of nitrogens with one attached hydrogen (secondary N) is 1. The van der Waals surface area contributed by atoms with Crippen LogP contribution in [0.4, 0.5) is 0 Å². The van der Waals surface area contributed by atoms with Crippen LogP contribution in [0.15, 0.2) is 10.4 Å². The topological polar surface area (TPSA) is 55.1 Å². The predicted molar refractivity (Wildman–Crippen MR) is 74.1 cm³/mol. The highest BCUT2D eigenvalue weighted by molar-refractivity contribution is 8.01. The number of aliphatic imine (C=N–C) groups is 1. The molecule has 1 aromatic heterocycles. The highest BCUT2D eigenvalue weighted by Crippen LogP contribution is 2.18. The maximum atomic E-state index is 4.15. The zero-order valence-electron chi connectivity index (χ0n) is 10.6. The Morgan fingerprint density at radius 3 is 2.94 bits per heavy atom. The molecule has 0 unspecified atom stereocenters. The van der Waals surface area contributed by atoms with E-state index in [1.165, 1.54) is 0 Å².